The van der Waals surface area contributed by atoms with Crippen LogP contribution in [0.5, 0.6) is 0 Å². The molecule has 0 aliphatic heterocycles. The van der Waals surface area contributed by atoms with Gasteiger partial charge in [0.25, 0.3) is 0 Å². The van der Waals surface area contributed by atoms with E-state index in [0.717, 1.165) is 11.4 Å². The maximum atomic E-state index is 6.00. The van der Waals surface area contributed by atoms with Crippen molar-refractivity contribution >= 4 is 69.0 Å². The number of rotatable bonds is 8. The Balaban J connectivity index is 0.000000175. The van der Waals surface area contributed by atoms with Gasteiger partial charge in [-0.3, -0.25) is 0 Å². The molecule has 0 atom stereocenters. The molecule has 0 aliphatic rings. The lowest BCUT2D eigenvalue weighted by Gasteiger charge is -2.13. The summed E-state index contributed by atoms with van der Waals surface area (Å²) in [6.07, 6.45) is 3.37. The van der Waals surface area contributed by atoms with Gasteiger partial charge in [-0.05, 0) is 60.7 Å². The first-order chi connectivity index (χ1) is 21.4. The van der Waals surface area contributed by atoms with Gasteiger partial charge in [0.15, 0.2) is 23.3 Å². The minimum atomic E-state index is 0.440. The fraction of sp³-hybridized carbons (Fsp3) is 0. The number of pyridine rings is 4. The topological polar surface area (TPSA) is 204 Å². The summed E-state index contributed by atoms with van der Waals surface area (Å²) in [7, 11) is 0. The minimum Gasteiger partial charge on any atom is -0.396 e. The molecular weight excluding hydrogens is 552 g/mol. The number of nitrogens with one attached hydrogen (secondary N) is 4. The average molecular weight is 585 g/mol. The number of aromatic nitrogens is 4. The van der Waals surface area contributed by atoms with Crippen molar-refractivity contribution in [1.29, 1.82) is 0 Å². The van der Waals surface area contributed by atoms with Crippen molar-refractivity contribution in [2.24, 2.45) is 0 Å². The average Bonchev–Trinajstić information content (AvgIpc) is 3.04. The summed E-state index contributed by atoms with van der Waals surface area (Å²) in [5.74, 6) is 3.39. The lowest BCUT2D eigenvalue weighted by Crippen LogP contribution is -2.06. The number of nitrogens with zero attached hydrogens (tertiary/aromatic N) is 4. The van der Waals surface area contributed by atoms with Crippen molar-refractivity contribution in [2.75, 3.05) is 44.2 Å². The molecule has 4 heterocycles. The molecule has 0 spiro atoms. The third-order valence-corrected chi connectivity index (χ3v) is 6.06. The van der Waals surface area contributed by atoms with Gasteiger partial charge in [-0.2, -0.15) is 0 Å². The van der Waals surface area contributed by atoms with Gasteiger partial charge in [-0.25, -0.2) is 19.9 Å². The summed E-state index contributed by atoms with van der Waals surface area (Å²) in [5, 5.41) is 12.5. The summed E-state index contributed by atoms with van der Waals surface area (Å²) in [6.45, 7) is 0. The van der Waals surface area contributed by atoms with Gasteiger partial charge in [-0.1, -0.05) is 48.5 Å². The van der Waals surface area contributed by atoms with Crippen LogP contribution in [0, 0.1) is 0 Å². The summed E-state index contributed by atoms with van der Waals surface area (Å²) < 4.78 is 0. The maximum Gasteiger partial charge on any atom is 0.157 e. The Morgan fingerprint density at radius 3 is 1.07 bits per heavy atom. The zero-order valence-electron chi connectivity index (χ0n) is 23.6. The van der Waals surface area contributed by atoms with Crippen LogP contribution in [0.1, 0.15) is 0 Å². The highest BCUT2D eigenvalue weighted by Crippen LogP contribution is 2.30. The first-order valence-electron chi connectivity index (χ1n) is 13.6. The van der Waals surface area contributed by atoms with Gasteiger partial charge in [0, 0.05) is 23.8 Å². The molecule has 0 radical (unpaired) electrons. The second-order valence-corrected chi connectivity index (χ2v) is 9.39. The normalized spacial score (nSPS) is 10.2. The number of anilines is 12. The fourth-order valence-electron chi connectivity index (χ4n) is 3.92. The number of nitrogen functional groups attached to an aromatic ring is 4. The van der Waals surface area contributed by atoms with E-state index in [4.69, 9.17) is 22.9 Å². The first kappa shape index (κ1) is 29.0. The van der Waals surface area contributed by atoms with Crippen molar-refractivity contribution in [3.8, 4) is 0 Å². The van der Waals surface area contributed by atoms with E-state index in [1.807, 2.05) is 97.1 Å². The summed E-state index contributed by atoms with van der Waals surface area (Å²) >= 11 is 0. The van der Waals surface area contributed by atoms with Crippen molar-refractivity contribution in [3.63, 3.8) is 0 Å². The molecule has 12 heteroatoms. The van der Waals surface area contributed by atoms with Crippen LogP contribution < -0.4 is 44.2 Å². The predicted octanol–water partition coefficient (Wildman–Crippen LogP) is 6.26. The lowest BCUT2D eigenvalue weighted by atomic mass is 10.2. The number of para-hydroxylation sites is 2. The molecule has 0 amide bonds. The van der Waals surface area contributed by atoms with E-state index in [1.165, 1.54) is 0 Å². The van der Waals surface area contributed by atoms with E-state index in [0.29, 0.717) is 57.7 Å². The van der Waals surface area contributed by atoms with E-state index < -0.39 is 0 Å². The Bertz CT molecular complexity index is 1530. The summed E-state index contributed by atoms with van der Waals surface area (Å²) in [6, 6.07) is 33.9. The largest absolute Gasteiger partial charge is 0.396 e. The molecule has 0 fully saturated rings. The molecule has 220 valence electrons. The highest BCUT2D eigenvalue weighted by Gasteiger charge is 2.10. The monoisotopic (exact) mass is 584 g/mol. The number of hydrogen-bond acceptors (Lipinski definition) is 12. The molecule has 12 N–H and O–H groups in total. The van der Waals surface area contributed by atoms with Crippen LogP contribution in [0.2, 0.25) is 0 Å². The molecule has 0 saturated carbocycles. The van der Waals surface area contributed by atoms with Gasteiger partial charge in [0.05, 0.1) is 22.7 Å². The minimum absolute atomic E-state index is 0.440. The van der Waals surface area contributed by atoms with Crippen molar-refractivity contribution in [2.45, 2.75) is 0 Å². The summed E-state index contributed by atoms with van der Waals surface area (Å²) in [4.78, 5) is 17.3. The molecule has 0 bridgehead atoms. The second kappa shape index (κ2) is 13.9. The molecule has 0 unspecified atom stereocenters. The van der Waals surface area contributed by atoms with Gasteiger partial charge in [0.1, 0.15) is 11.6 Å². The smallest absolute Gasteiger partial charge is 0.157 e. The van der Waals surface area contributed by atoms with Crippen LogP contribution in [0.25, 0.3) is 0 Å². The number of nitrogens with two attached hydrogens (primary N) is 4. The Morgan fingerprint density at radius 2 is 0.727 bits per heavy atom. The standard InChI is InChI=1S/C17H17N5.C15H15N7/c18-14-11-15(19)17(21-13-9-5-2-6-10-13)22-16(14)20-12-7-3-1-4-8-12;16-10-9-11(17)15(21-13-6-2-4-8-19-13)22-14(10)20-12-5-1-3-7-18-12/h1-11H,18-19H2,(H2,20,21,22);1-9H,16-17H2,(H2,18,19,20,21,22). The second-order valence-electron chi connectivity index (χ2n) is 9.39. The molecule has 0 aliphatic carbocycles. The van der Waals surface area contributed by atoms with E-state index in [1.54, 1.807) is 24.5 Å². The number of hydrogen-bond donors (Lipinski definition) is 8. The van der Waals surface area contributed by atoms with Crippen molar-refractivity contribution in [1.82, 2.24) is 19.9 Å². The third kappa shape index (κ3) is 7.79. The molecule has 44 heavy (non-hydrogen) atoms. The SMILES string of the molecule is Nc1cc(N)c(Nc2ccccc2)nc1Nc1ccccc1.Nc1cc(N)c(Nc2ccccn2)nc1Nc1ccccn1. The molecule has 6 rings (SSSR count). The lowest BCUT2D eigenvalue weighted by molar-refractivity contribution is 1.23. The van der Waals surface area contributed by atoms with Gasteiger partial charge < -0.3 is 44.2 Å². The molecule has 6 aromatic rings. The quantitative estimate of drug-likeness (QED) is 0.0999. The maximum absolute atomic E-state index is 6.00. The Kier molecular flexibility index (Phi) is 9.13. The molecular formula is C32H32N12. The fourth-order valence-corrected chi connectivity index (χ4v) is 3.92. The molecule has 12 nitrogen and oxygen atoms in total. The van der Waals surface area contributed by atoms with Gasteiger partial charge in [-0.15, -0.1) is 0 Å². The van der Waals surface area contributed by atoms with Crippen LogP contribution >= 0.6 is 0 Å². The highest BCUT2D eigenvalue weighted by molar-refractivity contribution is 5.80. The Morgan fingerprint density at radius 1 is 0.386 bits per heavy atom. The molecule has 4 aromatic heterocycles. The Hall–Kier alpha value is -6.56. The first-order valence-corrected chi connectivity index (χ1v) is 13.6. The summed E-state index contributed by atoms with van der Waals surface area (Å²) in [5.41, 5.74) is 27.6. The van der Waals surface area contributed by atoms with Crippen LogP contribution in [-0.4, -0.2) is 19.9 Å². The van der Waals surface area contributed by atoms with Gasteiger partial charge in [0.2, 0.25) is 0 Å². The zero-order chi connectivity index (χ0) is 30.7. The highest BCUT2D eigenvalue weighted by atomic mass is 15.1. The van der Waals surface area contributed by atoms with Crippen LogP contribution in [0.4, 0.5) is 69.0 Å². The van der Waals surface area contributed by atoms with E-state index in [-0.39, 0.29) is 0 Å². The van der Waals surface area contributed by atoms with E-state index in [9.17, 15) is 0 Å². The van der Waals surface area contributed by atoms with Crippen molar-refractivity contribution < 1.29 is 0 Å². The van der Waals surface area contributed by atoms with Gasteiger partial charge >= 0.3 is 0 Å². The van der Waals surface area contributed by atoms with E-state index >= 15 is 0 Å². The third-order valence-electron chi connectivity index (χ3n) is 6.06. The molecule has 2 aromatic carbocycles. The van der Waals surface area contributed by atoms with E-state index in [2.05, 4.69) is 41.2 Å². The molecule has 0 saturated heterocycles. The zero-order valence-corrected chi connectivity index (χ0v) is 23.6. The van der Waals surface area contributed by atoms with Crippen molar-refractivity contribution in [3.05, 3.63) is 122 Å². The van der Waals surface area contributed by atoms with Crippen LogP contribution in [0.3, 0.4) is 0 Å². The van der Waals surface area contributed by atoms with Crippen LogP contribution in [-0.2, 0) is 0 Å². The predicted molar refractivity (Wildman–Crippen MR) is 181 cm³/mol. The Labute approximate surface area is 254 Å². The number of benzene rings is 2. The van der Waals surface area contributed by atoms with Crippen LogP contribution in [0.15, 0.2) is 122 Å².